The number of benzene rings is 2. The van der Waals surface area contributed by atoms with Crippen molar-refractivity contribution in [3.8, 4) is 22.5 Å². The first-order valence-electron chi connectivity index (χ1n) is 13.3. The molecule has 5 aromatic rings. The molecule has 9 nitrogen and oxygen atoms in total. The Kier molecular flexibility index (Phi) is 6.59. The summed E-state index contributed by atoms with van der Waals surface area (Å²) < 4.78 is 26.8. The van der Waals surface area contributed by atoms with Gasteiger partial charge in [0, 0.05) is 23.7 Å². The second-order valence-electron chi connectivity index (χ2n) is 10.9. The summed E-state index contributed by atoms with van der Waals surface area (Å²) >= 11 is 0. The first-order valence-corrected chi connectivity index (χ1v) is 13.3. The van der Waals surface area contributed by atoms with E-state index in [9.17, 15) is 9.50 Å². The van der Waals surface area contributed by atoms with Crippen molar-refractivity contribution in [3.05, 3.63) is 77.7 Å². The molecule has 0 radical (unpaired) electrons. The van der Waals surface area contributed by atoms with Crippen LogP contribution in [0, 0.1) is 19.7 Å². The average Bonchev–Trinajstić information content (AvgIpc) is 3.52. The van der Waals surface area contributed by atoms with Crippen LogP contribution in [-0.4, -0.2) is 55.4 Å². The van der Waals surface area contributed by atoms with Gasteiger partial charge in [-0.15, -0.1) is 0 Å². The van der Waals surface area contributed by atoms with Gasteiger partial charge in [0.2, 0.25) is 0 Å². The highest BCUT2D eigenvalue weighted by Gasteiger charge is 2.29. The lowest BCUT2D eigenvalue weighted by Crippen LogP contribution is -2.40. The van der Waals surface area contributed by atoms with Crippen LogP contribution >= 0.6 is 0 Å². The average molecular weight is 543 g/mol. The molecular formula is C30H31FN6O3. The fourth-order valence-corrected chi connectivity index (χ4v) is 5.29. The first kappa shape index (κ1) is 26.1. The van der Waals surface area contributed by atoms with Gasteiger partial charge in [-0.25, -0.2) is 14.4 Å². The van der Waals surface area contributed by atoms with E-state index in [0.717, 1.165) is 50.4 Å². The second-order valence-corrected chi connectivity index (χ2v) is 10.9. The Bertz CT molecular complexity index is 1650. The Morgan fingerprint density at radius 1 is 1.07 bits per heavy atom. The maximum Gasteiger partial charge on any atom is 0.165 e. The van der Waals surface area contributed by atoms with E-state index in [1.165, 1.54) is 12.1 Å². The van der Waals surface area contributed by atoms with Crippen LogP contribution in [-0.2, 0) is 11.3 Å². The molecule has 6 rings (SSSR count). The zero-order valence-electron chi connectivity index (χ0n) is 22.9. The number of aromatic nitrogens is 5. The molecule has 4 heterocycles. The number of rotatable bonds is 6. The molecule has 1 fully saturated rings. The van der Waals surface area contributed by atoms with Crippen LogP contribution < -0.4 is 4.90 Å². The van der Waals surface area contributed by atoms with Crippen molar-refractivity contribution < 1.29 is 18.8 Å². The highest BCUT2D eigenvalue weighted by molar-refractivity contribution is 5.95. The van der Waals surface area contributed by atoms with E-state index in [0.29, 0.717) is 32.1 Å². The van der Waals surface area contributed by atoms with E-state index in [1.807, 2.05) is 32.2 Å². The Morgan fingerprint density at radius 2 is 1.88 bits per heavy atom. The predicted octanol–water partition coefficient (Wildman–Crippen LogP) is 5.25. The summed E-state index contributed by atoms with van der Waals surface area (Å²) in [7, 11) is 0. The molecular weight excluding hydrogens is 511 g/mol. The quantitative estimate of drug-likeness (QED) is 0.310. The number of aliphatic hydroxyl groups is 1. The number of fused-ring (bicyclic) bond motifs is 1. The third-order valence-corrected chi connectivity index (χ3v) is 7.09. The molecule has 0 saturated carbocycles. The van der Waals surface area contributed by atoms with Crippen molar-refractivity contribution in [2.75, 3.05) is 24.7 Å². The summed E-state index contributed by atoms with van der Waals surface area (Å²) in [5.74, 6) is 1.74. The number of anilines is 1. The van der Waals surface area contributed by atoms with E-state index in [4.69, 9.17) is 19.2 Å². The Hall–Kier alpha value is -4.15. The minimum absolute atomic E-state index is 0.166. The maximum absolute atomic E-state index is 13.8. The Labute approximate surface area is 231 Å². The predicted molar refractivity (Wildman–Crippen MR) is 149 cm³/mol. The van der Waals surface area contributed by atoms with Crippen molar-refractivity contribution >= 4 is 16.7 Å². The number of hydrogen-bond acceptors (Lipinski definition) is 8. The van der Waals surface area contributed by atoms with Crippen LogP contribution in [0.25, 0.3) is 33.4 Å². The lowest BCUT2D eigenvalue weighted by molar-refractivity contribution is 0.0577. The largest absolute Gasteiger partial charge is 0.389 e. The minimum Gasteiger partial charge on any atom is -0.389 e. The van der Waals surface area contributed by atoms with Crippen LogP contribution in [0.5, 0.6) is 0 Å². The van der Waals surface area contributed by atoms with E-state index in [2.05, 4.69) is 21.2 Å². The van der Waals surface area contributed by atoms with Crippen LogP contribution in [0.4, 0.5) is 10.2 Å². The molecule has 1 aliphatic rings. The van der Waals surface area contributed by atoms with Crippen LogP contribution in [0.3, 0.4) is 0 Å². The van der Waals surface area contributed by atoms with Crippen LogP contribution in [0.1, 0.15) is 36.9 Å². The lowest BCUT2D eigenvalue weighted by Gasteiger charge is -2.37. The third-order valence-electron chi connectivity index (χ3n) is 7.09. The summed E-state index contributed by atoms with van der Waals surface area (Å²) in [6.45, 7) is 9.22. The molecule has 1 saturated heterocycles. The molecule has 1 atom stereocenters. The number of halogens is 1. The molecule has 1 aliphatic heterocycles. The topological polar surface area (TPSA) is 102 Å². The number of aryl methyl sites for hydroxylation is 2. The molecule has 1 N–H and O–H groups in total. The monoisotopic (exact) mass is 542 g/mol. The molecule has 0 amide bonds. The number of nitrogens with zero attached hydrogens (tertiary/aromatic N) is 6. The van der Waals surface area contributed by atoms with Gasteiger partial charge in [-0.05, 0) is 63.1 Å². The molecule has 0 unspecified atom stereocenters. The van der Waals surface area contributed by atoms with Gasteiger partial charge in [0.05, 0.1) is 54.4 Å². The second kappa shape index (κ2) is 10.1. The van der Waals surface area contributed by atoms with Gasteiger partial charge in [0.1, 0.15) is 17.4 Å². The van der Waals surface area contributed by atoms with Crippen molar-refractivity contribution in [3.63, 3.8) is 0 Å². The zero-order chi connectivity index (χ0) is 28.0. The number of morpholine rings is 1. The van der Waals surface area contributed by atoms with E-state index < -0.39 is 5.60 Å². The molecule has 40 heavy (non-hydrogen) atoms. The highest BCUT2D eigenvalue weighted by Crippen LogP contribution is 2.37. The molecule has 2 aromatic carbocycles. The summed E-state index contributed by atoms with van der Waals surface area (Å²) in [4.78, 5) is 12.2. The van der Waals surface area contributed by atoms with E-state index >= 15 is 0 Å². The van der Waals surface area contributed by atoms with Crippen molar-refractivity contribution in [1.82, 2.24) is 24.9 Å². The highest BCUT2D eigenvalue weighted by atomic mass is 19.1. The van der Waals surface area contributed by atoms with E-state index in [-0.39, 0.29) is 11.9 Å². The smallest absolute Gasteiger partial charge is 0.165 e. The van der Waals surface area contributed by atoms with Crippen molar-refractivity contribution in [2.24, 2.45) is 0 Å². The summed E-state index contributed by atoms with van der Waals surface area (Å²) in [6, 6.07) is 12.4. The standard InChI is InChI=1S/C30H31FN6O3/c1-18-27(19(2)40-35-18)21-7-10-25-24(13-21)29(34-28(33-25)22-14-32-36(15-22)17-30(3,4)38)37-11-12-39-16-26(37)20-5-8-23(31)9-6-20/h5-10,13-15,26,38H,11-12,16-17H2,1-4H3/t26-/m1/s1. The first-order chi connectivity index (χ1) is 19.2. The zero-order valence-corrected chi connectivity index (χ0v) is 22.9. The molecule has 10 heteroatoms. The lowest BCUT2D eigenvalue weighted by atomic mass is 10.0. The minimum atomic E-state index is -0.913. The van der Waals surface area contributed by atoms with Gasteiger partial charge < -0.3 is 19.3 Å². The van der Waals surface area contributed by atoms with Gasteiger partial charge in [-0.1, -0.05) is 23.4 Å². The van der Waals surface area contributed by atoms with Gasteiger partial charge >= 0.3 is 0 Å². The Morgan fingerprint density at radius 3 is 2.60 bits per heavy atom. The van der Waals surface area contributed by atoms with Gasteiger partial charge in [0.15, 0.2) is 5.82 Å². The van der Waals surface area contributed by atoms with Crippen LogP contribution in [0.2, 0.25) is 0 Å². The summed E-state index contributed by atoms with van der Waals surface area (Å²) in [6.07, 6.45) is 3.56. The number of ether oxygens (including phenoxy) is 1. The van der Waals surface area contributed by atoms with E-state index in [1.54, 1.807) is 36.9 Å². The van der Waals surface area contributed by atoms with Crippen molar-refractivity contribution in [1.29, 1.82) is 0 Å². The Balaban J connectivity index is 1.52. The molecule has 3 aromatic heterocycles. The van der Waals surface area contributed by atoms with Crippen molar-refractivity contribution in [2.45, 2.75) is 45.9 Å². The van der Waals surface area contributed by atoms with Gasteiger partial charge in [-0.3, -0.25) is 4.68 Å². The molecule has 206 valence electrons. The SMILES string of the molecule is Cc1noc(C)c1-c1ccc2nc(-c3cnn(CC(C)(C)O)c3)nc(N3CCOC[C@@H]3c3ccc(F)cc3)c2c1. The summed E-state index contributed by atoms with van der Waals surface area (Å²) in [5, 5.41) is 19.7. The van der Waals surface area contributed by atoms with Gasteiger partial charge in [0.25, 0.3) is 0 Å². The normalized spacial score (nSPS) is 16.1. The fraction of sp³-hybridized carbons (Fsp3) is 0.333. The molecule has 0 spiro atoms. The molecule has 0 bridgehead atoms. The maximum atomic E-state index is 13.8. The fourth-order valence-electron chi connectivity index (χ4n) is 5.29. The van der Waals surface area contributed by atoms with Crippen LogP contribution in [0.15, 0.2) is 59.4 Å². The number of hydrogen-bond donors (Lipinski definition) is 1. The molecule has 0 aliphatic carbocycles. The third kappa shape index (κ3) is 5.07. The summed E-state index contributed by atoms with van der Waals surface area (Å²) in [5.41, 5.74) is 4.26. The van der Waals surface area contributed by atoms with Gasteiger partial charge in [-0.2, -0.15) is 5.10 Å².